The van der Waals surface area contributed by atoms with Gasteiger partial charge in [0.2, 0.25) is 0 Å². The molecule has 108 valence electrons. The third-order valence-corrected chi connectivity index (χ3v) is 4.06. The molecule has 1 aromatic carbocycles. The number of morpholine rings is 1. The first-order valence-electron chi connectivity index (χ1n) is 7.59. The second-order valence-electron chi connectivity index (χ2n) is 5.56. The number of aliphatic imine (C=N–C) groups is 1. The van der Waals surface area contributed by atoms with E-state index < -0.39 is 0 Å². The summed E-state index contributed by atoms with van der Waals surface area (Å²) in [5, 5.41) is 3.45. The van der Waals surface area contributed by atoms with Crippen LogP contribution < -0.4 is 10.2 Å². The molecule has 1 aromatic rings. The van der Waals surface area contributed by atoms with Crippen molar-refractivity contribution in [2.24, 2.45) is 10.9 Å². The Bertz CT molecular complexity index is 480. The largest absolute Gasteiger partial charge is 0.378 e. The van der Waals surface area contributed by atoms with Crippen LogP contribution in [0, 0.1) is 5.92 Å². The number of nitrogens with zero attached hydrogens (tertiary/aromatic N) is 2. The summed E-state index contributed by atoms with van der Waals surface area (Å²) < 4.78 is 5.44. The van der Waals surface area contributed by atoms with Gasteiger partial charge in [-0.3, -0.25) is 0 Å². The van der Waals surface area contributed by atoms with Crippen molar-refractivity contribution in [3.63, 3.8) is 0 Å². The molecule has 0 aliphatic carbocycles. The molecule has 20 heavy (non-hydrogen) atoms. The molecule has 4 nitrogen and oxygen atoms in total. The zero-order valence-electron chi connectivity index (χ0n) is 12.1. The molecule has 4 heteroatoms. The molecule has 3 rings (SSSR count). The van der Waals surface area contributed by atoms with Crippen LogP contribution >= 0.6 is 0 Å². The zero-order chi connectivity index (χ0) is 13.8. The van der Waals surface area contributed by atoms with E-state index in [1.165, 1.54) is 18.5 Å². The van der Waals surface area contributed by atoms with E-state index in [-0.39, 0.29) is 0 Å². The fourth-order valence-corrected chi connectivity index (χ4v) is 2.85. The van der Waals surface area contributed by atoms with Gasteiger partial charge in [-0.25, -0.2) is 4.99 Å². The van der Waals surface area contributed by atoms with Crippen molar-refractivity contribution in [3.05, 3.63) is 24.3 Å². The van der Waals surface area contributed by atoms with Gasteiger partial charge in [-0.1, -0.05) is 19.1 Å². The number of ether oxygens (including phenoxy) is 1. The molecular formula is C16H23N3O. The number of nitrogens with one attached hydrogen (secondary N) is 1. The van der Waals surface area contributed by atoms with Crippen LogP contribution in [-0.4, -0.2) is 38.7 Å². The summed E-state index contributed by atoms with van der Waals surface area (Å²) in [5.41, 5.74) is 2.30. The van der Waals surface area contributed by atoms with Gasteiger partial charge >= 0.3 is 0 Å². The van der Waals surface area contributed by atoms with Gasteiger partial charge in [0.15, 0.2) is 0 Å². The molecule has 0 aromatic heterocycles. The van der Waals surface area contributed by atoms with Gasteiger partial charge in [-0.2, -0.15) is 0 Å². The lowest BCUT2D eigenvalue weighted by atomic mass is 10.0. The van der Waals surface area contributed by atoms with E-state index in [1.54, 1.807) is 0 Å². The fraction of sp³-hybridized carbons (Fsp3) is 0.562. The predicted molar refractivity (Wildman–Crippen MR) is 83.0 cm³/mol. The molecule has 2 fully saturated rings. The minimum absolute atomic E-state index is 0.529. The number of para-hydroxylation sites is 2. The quantitative estimate of drug-likeness (QED) is 0.900. The second kappa shape index (κ2) is 6.27. The number of amidine groups is 1. The second-order valence-corrected chi connectivity index (χ2v) is 5.56. The van der Waals surface area contributed by atoms with Crippen molar-refractivity contribution < 1.29 is 4.74 Å². The van der Waals surface area contributed by atoms with Crippen LogP contribution in [0.4, 0.5) is 11.4 Å². The minimum atomic E-state index is 0.529. The van der Waals surface area contributed by atoms with Crippen molar-refractivity contribution in [1.82, 2.24) is 5.32 Å². The van der Waals surface area contributed by atoms with Gasteiger partial charge in [0.25, 0.3) is 0 Å². The molecule has 2 saturated heterocycles. The van der Waals surface area contributed by atoms with E-state index in [0.29, 0.717) is 5.92 Å². The van der Waals surface area contributed by atoms with Gasteiger partial charge in [-0.05, 0) is 25.0 Å². The van der Waals surface area contributed by atoms with E-state index in [4.69, 9.17) is 9.73 Å². The summed E-state index contributed by atoms with van der Waals surface area (Å²) >= 11 is 0. The van der Waals surface area contributed by atoms with Gasteiger partial charge in [0, 0.05) is 25.6 Å². The normalized spacial score (nSPS) is 25.6. The van der Waals surface area contributed by atoms with Crippen molar-refractivity contribution in [1.29, 1.82) is 0 Å². The van der Waals surface area contributed by atoms with Gasteiger partial charge in [0.1, 0.15) is 5.84 Å². The van der Waals surface area contributed by atoms with Crippen LogP contribution in [0.25, 0.3) is 0 Å². The van der Waals surface area contributed by atoms with E-state index in [0.717, 1.165) is 44.4 Å². The Hall–Kier alpha value is -1.55. The van der Waals surface area contributed by atoms with Crippen LogP contribution in [0.2, 0.25) is 0 Å². The standard InChI is InChI=1S/C16H23N3O/c1-13-5-4-8-17-16(13)18-14-6-2-3-7-15(14)19-9-11-20-12-10-19/h2-3,6-7,13H,4-5,8-12H2,1H3,(H,17,18). The van der Waals surface area contributed by atoms with Crippen molar-refractivity contribution >= 4 is 17.2 Å². The molecule has 0 spiro atoms. The van der Waals surface area contributed by atoms with Crippen molar-refractivity contribution in [2.45, 2.75) is 19.8 Å². The number of hydrogen-bond acceptors (Lipinski definition) is 3. The molecule has 1 atom stereocenters. The monoisotopic (exact) mass is 273 g/mol. The molecule has 1 unspecified atom stereocenters. The van der Waals surface area contributed by atoms with Crippen LogP contribution in [0.15, 0.2) is 29.3 Å². The summed E-state index contributed by atoms with van der Waals surface area (Å²) in [6, 6.07) is 8.43. The molecule has 2 heterocycles. The first kappa shape index (κ1) is 13.4. The lowest BCUT2D eigenvalue weighted by molar-refractivity contribution is 0.123. The Morgan fingerprint density at radius 3 is 2.85 bits per heavy atom. The van der Waals surface area contributed by atoms with Gasteiger partial charge in [-0.15, -0.1) is 0 Å². The number of rotatable bonds is 2. The first-order chi connectivity index (χ1) is 9.84. The van der Waals surface area contributed by atoms with Crippen LogP contribution in [0.3, 0.4) is 0 Å². The molecule has 0 saturated carbocycles. The zero-order valence-corrected chi connectivity index (χ0v) is 12.1. The highest BCUT2D eigenvalue weighted by molar-refractivity contribution is 5.89. The van der Waals surface area contributed by atoms with Crippen LogP contribution in [0.5, 0.6) is 0 Å². The third-order valence-electron chi connectivity index (χ3n) is 4.06. The van der Waals surface area contributed by atoms with Crippen molar-refractivity contribution in [2.75, 3.05) is 37.7 Å². The summed E-state index contributed by atoms with van der Waals surface area (Å²) in [6.07, 6.45) is 2.47. The van der Waals surface area contributed by atoms with E-state index in [1.807, 2.05) is 0 Å². The molecule has 1 N–H and O–H groups in total. The maximum absolute atomic E-state index is 5.44. The molecular weight excluding hydrogens is 250 g/mol. The third kappa shape index (κ3) is 2.96. The Labute approximate surface area is 120 Å². The lowest BCUT2D eigenvalue weighted by Gasteiger charge is -2.30. The Kier molecular flexibility index (Phi) is 4.21. The summed E-state index contributed by atoms with van der Waals surface area (Å²) in [6.45, 7) is 6.81. The molecule has 0 amide bonds. The fourth-order valence-electron chi connectivity index (χ4n) is 2.85. The summed E-state index contributed by atoms with van der Waals surface area (Å²) in [5.74, 6) is 1.67. The highest BCUT2D eigenvalue weighted by atomic mass is 16.5. The van der Waals surface area contributed by atoms with Crippen molar-refractivity contribution in [3.8, 4) is 0 Å². The van der Waals surface area contributed by atoms with E-state index in [9.17, 15) is 0 Å². The Balaban J connectivity index is 1.87. The van der Waals surface area contributed by atoms with Gasteiger partial charge < -0.3 is 15.0 Å². The molecule has 0 bridgehead atoms. The highest BCUT2D eigenvalue weighted by Crippen LogP contribution is 2.30. The van der Waals surface area contributed by atoms with E-state index >= 15 is 0 Å². The van der Waals surface area contributed by atoms with Crippen LogP contribution in [-0.2, 0) is 4.74 Å². The van der Waals surface area contributed by atoms with E-state index in [2.05, 4.69) is 41.4 Å². The average Bonchev–Trinajstić information content (AvgIpc) is 2.51. The summed E-state index contributed by atoms with van der Waals surface area (Å²) in [4.78, 5) is 7.27. The smallest absolute Gasteiger partial charge is 0.105 e. The predicted octanol–water partition coefficient (Wildman–Crippen LogP) is 2.57. The maximum atomic E-state index is 5.44. The average molecular weight is 273 g/mol. The maximum Gasteiger partial charge on any atom is 0.105 e. The Morgan fingerprint density at radius 2 is 2.05 bits per heavy atom. The minimum Gasteiger partial charge on any atom is -0.378 e. The topological polar surface area (TPSA) is 36.9 Å². The lowest BCUT2D eigenvalue weighted by Crippen LogP contribution is -2.37. The Morgan fingerprint density at radius 1 is 1.25 bits per heavy atom. The van der Waals surface area contributed by atoms with Gasteiger partial charge in [0.05, 0.1) is 24.6 Å². The van der Waals surface area contributed by atoms with Crippen LogP contribution in [0.1, 0.15) is 19.8 Å². The highest BCUT2D eigenvalue weighted by Gasteiger charge is 2.18. The molecule has 0 radical (unpaired) electrons. The molecule has 2 aliphatic heterocycles. The number of benzene rings is 1. The SMILES string of the molecule is CC1CCCNC1=Nc1ccccc1N1CCOCC1. The summed E-state index contributed by atoms with van der Waals surface area (Å²) in [7, 11) is 0. The molecule has 2 aliphatic rings. The first-order valence-corrected chi connectivity index (χ1v) is 7.59. The number of anilines is 1. The number of hydrogen-bond donors (Lipinski definition) is 1. The number of piperidine rings is 1.